The van der Waals surface area contributed by atoms with Crippen LogP contribution in [0.15, 0.2) is 72.8 Å². The van der Waals surface area contributed by atoms with Crippen LogP contribution in [0.2, 0.25) is 0 Å². The van der Waals surface area contributed by atoms with E-state index >= 15 is 0 Å². The third-order valence-corrected chi connectivity index (χ3v) is 4.49. The highest BCUT2D eigenvalue weighted by Crippen LogP contribution is 2.18. The lowest BCUT2D eigenvalue weighted by molar-refractivity contribution is -0.123. The summed E-state index contributed by atoms with van der Waals surface area (Å²) >= 11 is 0. The molecule has 0 aliphatic carbocycles. The molecule has 0 aliphatic rings. The minimum absolute atomic E-state index is 0.0136. The monoisotopic (exact) mass is 405 g/mol. The maximum absolute atomic E-state index is 13.7. The van der Waals surface area contributed by atoms with Crippen LogP contribution in [-0.2, 0) is 9.53 Å². The molecule has 0 aliphatic heterocycles. The van der Waals surface area contributed by atoms with E-state index in [0.29, 0.717) is 5.56 Å². The van der Waals surface area contributed by atoms with E-state index in [4.69, 9.17) is 4.74 Å². The average Bonchev–Trinajstić information content (AvgIpc) is 2.75. The first kappa shape index (κ1) is 20.9. The van der Waals surface area contributed by atoms with Gasteiger partial charge in [0.2, 0.25) is 0 Å². The number of para-hydroxylation sites is 1. The first-order valence-corrected chi connectivity index (χ1v) is 9.33. The van der Waals surface area contributed by atoms with E-state index in [2.05, 4.69) is 5.32 Å². The van der Waals surface area contributed by atoms with Gasteiger partial charge in [-0.3, -0.25) is 9.59 Å². The quantitative estimate of drug-likeness (QED) is 0.482. The number of hydrogen-bond donors (Lipinski definition) is 1. The predicted octanol–water partition coefficient (Wildman–Crippen LogP) is 4.55. The molecular weight excluding hydrogens is 385 g/mol. The Morgan fingerprint density at radius 3 is 2.13 bits per heavy atom. The number of halogens is 1. The zero-order valence-electron chi connectivity index (χ0n) is 16.5. The fraction of sp³-hybridized carbons (Fsp3) is 0.125. The number of anilines is 1. The molecule has 0 aromatic heterocycles. The summed E-state index contributed by atoms with van der Waals surface area (Å²) in [6, 6.07) is 18.9. The van der Waals surface area contributed by atoms with Gasteiger partial charge in [-0.05, 0) is 32.0 Å². The Labute approximate surface area is 173 Å². The number of carbonyl (C=O) groups excluding carboxylic acids is 3. The molecule has 1 unspecified atom stereocenters. The molecule has 0 spiro atoms. The highest BCUT2D eigenvalue weighted by atomic mass is 19.1. The molecule has 1 atom stereocenters. The molecule has 0 heterocycles. The van der Waals surface area contributed by atoms with Gasteiger partial charge < -0.3 is 10.1 Å². The normalized spacial score (nSPS) is 11.4. The standard InChI is InChI=1S/C24H20FNO4/c1-15-11-13-17(14-12-15)22(27)18-7-3-4-8-19(18)24(29)30-16(2)23(28)26-21-10-6-5-9-20(21)25/h3-14,16H,1-2H3,(H,26,28). The lowest BCUT2D eigenvalue weighted by Crippen LogP contribution is -2.30. The first-order chi connectivity index (χ1) is 14.4. The van der Waals surface area contributed by atoms with Crippen molar-refractivity contribution in [1.29, 1.82) is 0 Å². The maximum Gasteiger partial charge on any atom is 0.339 e. The number of benzene rings is 3. The molecule has 1 amide bonds. The predicted molar refractivity (Wildman–Crippen MR) is 111 cm³/mol. The molecule has 0 bridgehead atoms. The number of hydrogen-bond acceptors (Lipinski definition) is 4. The molecular formula is C24H20FNO4. The van der Waals surface area contributed by atoms with Crippen molar-refractivity contribution < 1.29 is 23.5 Å². The van der Waals surface area contributed by atoms with Crippen molar-refractivity contribution >= 4 is 23.3 Å². The Hall–Kier alpha value is -3.80. The molecule has 30 heavy (non-hydrogen) atoms. The van der Waals surface area contributed by atoms with Crippen LogP contribution in [0.4, 0.5) is 10.1 Å². The van der Waals surface area contributed by atoms with Gasteiger partial charge in [-0.15, -0.1) is 0 Å². The number of ketones is 1. The van der Waals surface area contributed by atoms with Crippen molar-refractivity contribution in [1.82, 2.24) is 0 Å². The van der Waals surface area contributed by atoms with Crippen molar-refractivity contribution in [3.05, 3.63) is 101 Å². The van der Waals surface area contributed by atoms with Gasteiger partial charge in [0, 0.05) is 11.1 Å². The van der Waals surface area contributed by atoms with Crippen LogP contribution in [-0.4, -0.2) is 23.8 Å². The smallest absolute Gasteiger partial charge is 0.339 e. The number of esters is 1. The second-order valence-corrected chi connectivity index (χ2v) is 6.76. The molecule has 3 rings (SSSR count). The molecule has 0 saturated heterocycles. The Kier molecular flexibility index (Phi) is 6.37. The van der Waals surface area contributed by atoms with Crippen molar-refractivity contribution in [2.75, 3.05) is 5.32 Å². The number of amides is 1. The second kappa shape index (κ2) is 9.13. The summed E-state index contributed by atoms with van der Waals surface area (Å²) < 4.78 is 18.9. The molecule has 152 valence electrons. The second-order valence-electron chi connectivity index (χ2n) is 6.76. The number of nitrogens with one attached hydrogen (secondary N) is 1. The van der Waals surface area contributed by atoms with Crippen molar-refractivity contribution in [3.8, 4) is 0 Å². The van der Waals surface area contributed by atoms with Gasteiger partial charge in [-0.1, -0.05) is 60.2 Å². The van der Waals surface area contributed by atoms with Gasteiger partial charge in [0.25, 0.3) is 5.91 Å². The topological polar surface area (TPSA) is 72.5 Å². The summed E-state index contributed by atoms with van der Waals surface area (Å²) in [7, 11) is 0. The van der Waals surface area contributed by atoms with Gasteiger partial charge in [-0.25, -0.2) is 9.18 Å². The largest absolute Gasteiger partial charge is 0.449 e. The summed E-state index contributed by atoms with van der Waals surface area (Å²) in [5.74, 6) is -2.43. The number of ether oxygens (including phenoxy) is 1. The molecule has 5 nitrogen and oxygen atoms in total. The highest BCUT2D eigenvalue weighted by Gasteiger charge is 2.24. The zero-order chi connectivity index (χ0) is 21.7. The fourth-order valence-corrected chi connectivity index (χ4v) is 2.79. The van der Waals surface area contributed by atoms with Crippen LogP contribution in [0, 0.1) is 12.7 Å². The van der Waals surface area contributed by atoms with Gasteiger partial charge in [0.15, 0.2) is 11.9 Å². The van der Waals surface area contributed by atoms with Crippen molar-refractivity contribution in [2.45, 2.75) is 20.0 Å². The van der Waals surface area contributed by atoms with Gasteiger partial charge >= 0.3 is 5.97 Å². The molecule has 1 N–H and O–H groups in total. The lowest BCUT2D eigenvalue weighted by atomic mass is 9.98. The van der Waals surface area contributed by atoms with Gasteiger partial charge in [0.05, 0.1) is 11.3 Å². The molecule has 0 saturated carbocycles. The third kappa shape index (κ3) is 4.78. The number of aryl methyl sites for hydroxylation is 1. The maximum atomic E-state index is 13.7. The summed E-state index contributed by atoms with van der Waals surface area (Å²) in [4.78, 5) is 37.8. The SMILES string of the molecule is Cc1ccc(C(=O)c2ccccc2C(=O)OC(C)C(=O)Nc2ccccc2F)cc1. The molecule has 0 fully saturated rings. The van der Waals surface area contributed by atoms with Gasteiger partial charge in [0.1, 0.15) is 5.82 Å². The Morgan fingerprint density at radius 1 is 0.867 bits per heavy atom. The average molecular weight is 405 g/mol. The lowest BCUT2D eigenvalue weighted by Gasteiger charge is -2.15. The van der Waals surface area contributed by atoms with Crippen LogP contribution in [0.25, 0.3) is 0 Å². The Bertz CT molecular complexity index is 1090. The van der Waals surface area contributed by atoms with Crippen LogP contribution in [0.5, 0.6) is 0 Å². The Morgan fingerprint density at radius 2 is 1.47 bits per heavy atom. The van der Waals surface area contributed by atoms with E-state index in [0.717, 1.165) is 5.56 Å². The summed E-state index contributed by atoms with van der Waals surface area (Å²) in [6.07, 6.45) is -1.19. The van der Waals surface area contributed by atoms with Crippen LogP contribution < -0.4 is 5.32 Å². The molecule has 3 aromatic carbocycles. The Balaban J connectivity index is 1.75. The summed E-state index contributed by atoms with van der Waals surface area (Å²) in [5, 5.41) is 2.38. The fourth-order valence-electron chi connectivity index (χ4n) is 2.79. The van der Waals surface area contributed by atoms with Crippen LogP contribution in [0.1, 0.15) is 38.8 Å². The van der Waals surface area contributed by atoms with Crippen molar-refractivity contribution in [2.24, 2.45) is 0 Å². The highest BCUT2D eigenvalue weighted by molar-refractivity contribution is 6.14. The molecule has 3 aromatic rings. The minimum atomic E-state index is -1.19. The van der Waals surface area contributed by atoms with Crippen molar-refractivity contribution in [3.63, 3.8) is 0 Å². The van der Waals surface area contributed by atoms with E-state index in [1.165, 1.54) is 37.3 Å². The van der Waals surface area contributed by atoms with Crippen LogP contribution >= 0.6 is 0 Å². The van der Waals surface area contributed by atoms with E-state index in [1.54, 1.807) is 30.3 Å². The van der Waals surface area contributed by atoms with E-state index in [9.17, 15) is 18.8 Å². The summed E-state index contributed by atoms with van der Waals surface area (Å²) in [6.45, 7) is 3.28. The summed E-state index contributed by atoms with van der Waals surface area (Å²) in [5.41, 5.74) is 1.65. The van der Waals surface area contributed by atoms with E-state index < -0.39 is 23.8 Å². The zero-order valence-corrected chi connectivity index (χ0v) is 16.5. The number of rotatable bonds is 6. The van der Waals surface area contributed by atoms with Gasteiger partial charge in [-0.2, -0.15) is 0 Å². The van der Waals surface area contributed by atoms with E-state index in [-0.39, 0.29) is 22.6 Å². The molecule has 6 heteroatoms. The molecule has 0 radical (unpaired) electrons. The minimum Gasteiger partial charge on any atom is -0.449 e. The third-order valence-electron chi connectivity index (χ3n) is 4.49. The van der Waals surface area contributed by atoms with E-state index in [1.807, 2.05) is 19.1 Å². The van der Waals surface area contributed by atoms with Crippen LogP contribution in [0.3, 0.4) is 0 Å². The first-order valence-electron chi connectivity index (χ1n) is 9.33. The number of carbonyl (C=O) groups is 3.